The lowest BCUT2D eigenvalue weighted by Gasteiger charge is -2.38. The van der Waals surface area contributed by atoms with Gasteiger partial charge in [-0.3, -0.25) is 9.59 Å². The summed E-state index contributed by atoms with van der Waals surface area (Å²) in [6, 6.07) is 5.35. The van der Waals surface area contributed by atoms with Crippen molar-refractivity contribution in [2.75, 3.05) is 30.0 Å². The molecule has 8 nitrogen and oxygen atoms in total. The number of aromatic nitrogens is 2. The molecule has 2 amide bonds. The number of hydrogen-bond acceptors (Lipinski definition) is 6. The van der Waals surface area contributed by atoms with E-state index in [1.165, 1.54) is 6.20 Å². The average molecular weight is 382 g/mol. The first kappa shape index (κ1) is 19.6. The fraction of sp³-hybridized carbons (Fsp3) is 0.400. The first-order valence-corrected chi connectivity index (χ1v) is 9.36. The van der Waals surface area contributed by atoms with Crippen molar-refractivity contribution < 1.29 is 9.59 Å². The molecule has 0 bridgehead atoms. The monoisotopic (exact) mass is 382 g/mol. The summed E-state index contributed by atoms with van der Waals surface area (Å²) in [4.78, 5) is 35.6. The number of carbonyl (C=O) groups excluding carboxylic acids is 2. The fourth-order valence-corrected chi connectivity index (χ4v) is 3.44. The summed E-state index contributed by atoms with van der Waals surface area (Å²) >= 11 is 0. The molecular weight excluding hydrogens is 356 g/mol. The lowest BCUT2D eigenvalue weighted by molar-refractivity contribution is -0.146. The van der Waals surface area contributed by atoms with Gasteiger partial charge in [0.25, 0.3) is 0 Å². The molecule has 3 heterocycles. The van der Waals surface area contributed by atoms with E-state index in [1.807, 2.05) is 12.1 Å². The molecule has 0 saturated carbocycles. The van der Waals surface area contributed by atoms with Crippen molar-refractivity contribution >= 4 is 29.1 Å². The first-order valence-electron chi connectivity index (χ1n) is 9.36. The highest BCUT2D eigenvalue weighted by Gasteiger charge is 2.34. The van der Waals surface area contributed by atoms with E-state index in [1.54, 1.807) is 31.1 Å². The van der Waals surface area contributed by atoms with E-state index >= 15 is 0 Å². The van der Waals surface area contributed by atoms with Crippen molar-refractivity contribution in [3.05, 3.63) is 41.7 Å². The molecular formula is C20H26N6O2. The third-order valence-corrected chi connectivity index (χ3v) is 5.08. The van der Waals surface area contributed by atoms with Crippen LogP contribution in [-0.4, -0.2) is 40.3 Å². The van der Waals surface area contributed by atoms with E-state index in [4.69, 9.17) is 5.73 Å². The number of piperidine rings is 1. The SMILES string of the molecule is CNc1ccc([C@@H]2CC[C@@H](C)CN2C(=O)C(=O)Nc2cnc(N)c(C)c2)cn1. The number of nitrogens with one attached hydrogen (secondary N) is 2. The van der Waals surface area contributed by atoms with Crippen LogP contribution in [0.25, 0.3) is 0 Å². The summed E-state index contributed by atoms with van der Waals surface area (Å²) in [5.74, 6) is 0.258. The van der Waals surface area contributed by atoms with Crippen molar-refractivity contribution in [2.45, 2.75) is 32.7 Å². The van der Waals surface area contributed by atoms with Crippen LogP contribution in [0, 0.1) is 12.8 Å². The van der Waals surface area contributed by atoms with Crippen LogP contribution in [0.15, 0.2) is 30.6 Å². The Hall–Kier alpha value is -3.16. The molecule has 0 aliphatic carbocycles. The van der Waals surface area contributed by atoms with E-state index in [-0.39, 0.29) is 6.04 Å². The molecule has 8 heteroatoms. The summed E-state index contributed by atoms with van der Waals surface area (Å²) in [7, 11) is 1.80. The molecule has 2 aromatic heterocycles. The molecule has 1 aliphatic heterocycles. The highest BCUT2D eigenvalue weighted by atomic mass is 16.2. The van der Waals surface area contributed by atoms with Gasteiger partial charge in [0.05, 0.1) is 17.9 Å². The number of anilines is 3. The van der Waals surface area contributed by atoms with Crippen molar-refractivity contribution in [1.82, 2.24) is 14.9 Å². The molecule has 1 aliphatic rings. The van der Waals surface area contributed by atoms with Crippen LogP contribution in [0.1, 0.15) is 36.9 Å². The number of likely N-dealkylation sites (tertiary alicyclic amines) is 1. The molecule has 1 fully saturated rings. The van der Waals surface area contributed by atoms with Gasteiger partial charge >= 0.3 is 11.8 Å². The number of nitrogen functional groups attached to an aromatic ring is 1. The standard InChI is InChI=1S/C20H26N6O2/c1-12-4-6-16(14-5-7-17(22-3)23-9-14)26(11-12)20(28)19(27)25-15-8-13(2)18(21)24-10-15/h5,7-10,12,16H,4,6,11H2,1-3H3,(H2,21,24)(H,22,23)(H,25,27)/t12-,16+/m1/s1. The average Bonchev–Trinajstić information content (AvgIpc) is 2.70. The van der Waals surface area contributed by atoms with Crippen LogP contribution in [0.3, 0.4) is 0 Å². The van der Waals surface area contributed by atoms with Gasteiger partial charge in [0.2, 0.25) is 0 Å². The Morgan fingerprint density at radius 2 is 2.00 bits per heavy atom. The largest absolute Gasteiger partial charge is 0.383 e. The second kappa shape index (κ2) is 8.24. The number of nitrogens with two attached hydrogens (primary N) is 1. The van der Waals surface area contributed by atoms with Gasteiger partial charge in [-0.25, -0.2) is 9.97 Å². The maximum absolute atomic E-state index is 12.9. The van der Waals surface area contributed by atoms with Crippen molar-refractivity contribution in [3.63, 3.8) is 0 Å². The minimum atomic E-state index is -0.676. The minimum Gasteiger partial charge on any atom is -0.383 e. The Morgan fingerprint density at radius 3 is 2.64 bits per heavy atom. The Morgan fingerprint density at radius 1 is 1.21 bits per heavy atom. The van der Waals surface area contributed by atoms with Crippen molar-refractivity contribution in [1.29, 1.82) is 0 Å². The minimum absolute atomic E-state index is 0.167. The highest BCUT2D eigenvalue weighted by molar-refractivity contribution is 6.39. The number of aryl methyl sites for hydroxylation is 1. The van der Waals surface area contributed by atoms with E-state index in [2.05, 4.69) is 27.5 Å². The lowest BCUT2D eigenvalue weighted by atomic mass is 9.90. The predicted molar refractivity (Wildman–Crippen MR) is 109 cm³/mol. The molecule has 4 N–H and O–H groups in total. The number of amides is 2. The molecule has 0 aromatic carbocycles. The Bertz CT molecular complexity index is 867. The maximum Gasteiger partial charge on any atom is 0.313 e. The summed E-state index contributed by atoms with van der Waals surface area (Å²) in [5, 5.41) is 5.62. The molecule has 2 atom stereocenters. The van der Waals surface area contributed by atoms with Gasteiger partial charge in [-0.1, -0.05) is 13.0 Å². The van der Waals surface area contributed by atoms with E-state index in [9.17, 15) is 9.59 Å². The molecule has 2 aromatic rings. The summed E-state index contributed by atoms with van der Waals surface area (Å²) in [5.41, 5.74) is 7.82. The molecule has 148 valence electrons. The van der Waals surface area contributed by atoms with Crippen LogP contribution in [0.4, 0.5) is 17.3 Å². The Balaban J connectivity index is 1.78. The van der Waals surface area contributed by atoms with Gasteiger partial charge in [0.1, 0.15) is 11.6 Å². The van der Waals surface area contributed by atoms with Gasteiger partial charge in [-0.2, -0.15) is 0 Å². The maximum atomic E-state index is 12.9. The van der Waals surface area contributed by atoms with Crippen LogP contribution >= 0.6 is 0 Å². The second-order valence-corrected chi connectivity index (χ2v) is 7.26. The summed E-state index contributed by atoms with van der Waals surface area (Å²) < 4.78 is 0. The molecule has 3 rings (SSSR count). The van der Waals surface area contributed by atoms with E-state index in [0.29, 0.717) is 24.0 Å². The number of pyridine rings is 2. The lowest BCUT2D eigenvalue weighted by Crippen LogP contribution is -2.46. The van der Waals surface area contributed by atoms with Crippen molar-refractivity contribution in [3.8, 4) is 0 Å². The normalized spacial score (nSPS) is 19.2. The number of nitrogens with zero attached hydrogens (tertiary/aromatic N) is 3. The van der Waals surface area contributed by atoms with Gasteiger partial charge < -0.3 is 21.3 Å². The number of carbonyl (C=O) groups is 2. The van der Waals surface area contributed by atoms with Crippen molar-refractivity contribution in [2.24, 2.45) is 5.92 Å². The molecule has 1 saturated heterocycles. The number of rotatable bonds is 3. The summed E-state index contributed by atoms with van der Waals surface area (Å²) in [6.07, 6.45) is 5.00. The molecule has 0 radical (unpaired) electrons. The third kappa shape index (κ3) is 4.21. The Kier molecular flexibility index (Phi) is 5.77. The first-order chi connectivity index (χ1) is 13.4. The highest BCUT2D eigenvalue weighted by Crippen LogP contribution is 2.33. The smallest absolute Gasteiger partial charge is 0.313 e. The number of hydrogen-bond donors (Lipinski definition) is 3. The molecule has 0 spiro atoms. The quantitative estimate of drug-likeness (QED) is 0.702. The van der Waals surface area contributed by atoms with Crippen LogP contribution in [0.5, 0.6) is 0 Å². The van der Waals surface area contributed by atoms with Gasteiger partial charge in [-0.15, -0.1) is 0 Å². The van der Waals surface area contributed by atoms with E-state index < -0.39 is 11.8 Å². The van der Waals surface area contributed by atoms with Crippen LogP contribution < -0.4 is 16.4 Å². The topological polar surface area (TPSA) is 113 Å². The zero-order valence-electron chi connectivity index (χ0n) is 16.4. The zero-order valence-corrected chi connectivity index (χ0v) is 16.4. The molecule has 0 unspecified atom stereocenters. The third-order valence-electron chi connectivity index (χ3n) is 5.08. The van der Waals surface area contributed by atoms with Gasteiger partial charge in [0, 0.05) is 19.8 Å². The van der Waals surface area contributed by atoms with Gasteiger partial charge in [-0.05, 0) is 48.9 Å². The Labute approximate surface area is 164 Å². The zero-order chi connectivity index (χ0) is 20.3. The van der Waals surface area contributed by atoms with Gasteiger partial charge in [0.15, 0.2) is 0 Å². The van der Waals surface area contributed by atoms with Crippen LogP contribution in [-0.2, 0) is 9.59 Å². The summed E-state index contributed by atoms with van der Waals surface area (Å²) in [6.45, 7) is 4.41. The van der Waals surface area contributed by atoms with E-state index in [0.717, 1.165) is 29.8 Å². The predicted octanol–water partition coefficient (Wildman–Crippen LogP) is 2.35. The molecule has 28 heavy (non-hydrogen) atoms. The van der Waals surface area contributed by atoms with Crippen LogP contribution in [0.2, 0.25) is 0 Å². The second-order valence-electron chi connectivity index (χ2n) is 7.26. The fourth-order valence-electron chi connectivity index (χ4n) is 3.44.